The number of aliphatic hydroxyl groups excluding tert-OH is 2. The molecule has 0 aliphatic carbocycles. The Morgan fingerprint density at radius 1 is 0.565 bits per heavy atom. The predicted molar refractivity (Wildman–Crippen MR) is 183 cm³/mol. The average Bonchev–Trinajstić information content (AvgIpc) is 3.06. The first-order valence-corrected chi connectivity index (χ1v) is 16.2. The van der Waals surface area contributed by atoms with Gasteiger partial charge in [-0.05, 0) is 96.2 Å². The van der Waals surface area contributed by atoms with Crippen molar-refractivity contribution >= 4 is 11.9 Å². The molecule has 0 aliphatic rings. The van der Waals surface area contributed by atoms with E-state index in [1.807, 2.05) is 0 Å². The molecule has 6 heteroatoms. The van der Waals surface area contributed by atoms with Gasteiger partial charge in [0.15, 0.2) is 0 Å². The molecule has 0 unspecified atom stereocenters. The number of aliphatic hydroxyl groups is 2. The summed E-state index contributed by atoms with van der Waals surface area (Å²) < 4.78 is 5.23. The van der Waals surface area contributed by atoms with Crippen LogP contribution >= 0.6 is 0 Å². The zero-order chi connectivity index (χ0) is 33.8. The van der Waals surface area contributed by atoms with Crippen LogP contribution in [0.2, 0.25) is 0 Å². The number of hydrogen-bond donors (Lipinski definition) is 3. The van der Waals surface area contributed by atoms with E-state index in [-0.39, 0.29) is 13.0 Å². The van der Waals surface area contributed by atoms with Gasteiger partial charge in [-0.3, -0.25) is 9.59 Å². The van der Waals surface area contributed by atoms with Crippen molar-refractivity contribution in [3.05, 3.63) is 0 Å². The van der Waals surface area contributed by atoms with E-state index in [1.165, 1.54) is 77.0 Å². The first kappa shape index (κ1) is 41.3. The molecule has 0 atom stereocenters. The van der Waals surface area contributed by atoms with Gasteiger partial charge >= 0.3 is 5.97 Å². The summed E-state index contributed by atoms with van der Waals surface area (Å²) in [5, 5.41) is 21.9. The molecule has 0 bridgehead atoms. The number of nitrogens with one attached hydrogen (secondary N) is 1. The molecule has 0 rings (SSSR count). The molecule has 3 N–H and O–H groups in total. The summed E-state index contributed by atoms with van der Waals surface area (Å²) in [5.41, 5.74) is -1.55. The van der Waals surface area contributed by atoms with E-state index in [9.17, 15) is 19.8 Å². The van der Waals surface area contributed by atoms with Gasteiger partial charge in [0.1, 0.15) is 12.1 Å². The van der Waals surface area contributed by atoms with Crippen LogP contribution in [0.3, 0.4) is 0 Å². The van der Waals surface area contributed by atoms with Gasteiger partial charge in [-0.25, -0.2) is 0 Å². The molecule has 0 saturated heterocycles. The van der Waals surface area contributed by atoms with Crippen LogP contribution in [-0.2, 0) is 14.3 Å². The summed E-state index contributed by atoms with van der Waals surface area (Å²) >= 11 is 0. The van der Waals surface area contributed by atoms with Gasteiger partial charge in [-0.15, -0.1) is 0 Å². The van der Waals surface area contributed by atoms with Crippen LogP contribution in [0.5, 0.6) is 0 Å². The number of ether oxygens (including phenoxy) is 1. The maximum Gasteiger partial charge on any atom is 0.305 e. The van der Waals surface area contributed by atoms with E-state index >= 15 is 0 Å². The lowest BCUT2D eigenvalue weighted by molar-refractivity contribution is -0.148. The maximum absolute atomic E-state index is 12.2. The first-order chi connectivity index (χ1) is 22.5. The molecule has 46 heavy (non-hydrogen) atoms. The molecule has 0 aromatic rings. The Morgan fingerprint density at radius 2 is 0.935 bits per heavy atom. The number of rotatable bonds is 21. The molecular formula is C40H47NO5. The summed E-state index contributed by atoms with van der Waals surface area (Å²) in [4.78, 5) is 24.4. The lowest BCUT2D eigenvalue weighted by atomic mass is 10.0. The number of amides is 1. The van der Waals surface area contributed by atoms with Crippen molar-refractivity contribution in [3.8, 4) is 94.7 Å². The highest BCUT2D eigenvalue weighted by Crippen LogP contribution is 2.14. The minimum absolute atomic E-state index is 0.241. The number of carbonyl (C=O) groups is 2. The van der Waals surface area contributed by atoms with Crippen molar-refractivity contribution in [1.82, 2.24) is 5.32 Å². The minimum atomic E-state index is -1.55. The second-order valence-corrected chi connectivity index (χ2v) is 10.5. The molecule has 1 amide bonds. The van der Waals surface area contributed by atoms with Crippen LogP contribution in [0.1, 0.15) is 117 Å². The van der Waals surface area contributed by atoms with E-state index < -0.39 is 30.6 Å². The predicted octanol–water partition coefficient (Wildman–Crippen LogP) is 4.68. The minimum Gasteiger partial charge on any atom is -0.463 e. The fourth-order valence-electron chi connectivity index (χ4n) is 3.99. The monoisotopic (exact) mass is 621 g/mol. The second kappa shape index (κ2) is 31.8. The van der Waals surface area contributed by atoms with E-state index in [1.54, 1.807) is 6.92 Å². The number of unbranched alkanes of at least 4 members (excludes halogenated alkanes) is 14. The molecule has 0 heterocycles. The fourth-order valence-corrected chi connectivity index (χ4v) is 3.99. The summed E-state index contributed by atoms with van der Waals surface area (Å²) in [7, 11) is 0. The smallest absolute Gasteiger partial charge is 0.305 e. The van der Waals surface area contributed by atoms with Crippen molar-refractivity contribution in [2.45, 2.75) is 122 Å². The topological polar surface area (TPSA) is 95.9 Å². The van der Waals surface area contributed by atoms with Gasteiger partial charge in [0.05, 0.1) is 13.2 Å². The van der Waals surface area contributed by atoms with Crippen LogP contribution < -0.4 is 5.32 Å². The third-order valence-corrected chi connectivity index (χ3v) is 6.59. The molecule has 0 aromatic carbocycles. The quantitative estimate of drug-likeness (QED) is 0.0984. The average molecular weight is 622 g/mol. The Hall–Kier alpha value is -4.66. The van der Waals surface area contributed by atoms with Crippen LogP contribution in [0.15, 0.2) is 0 Å². The van der Waals surface area contributed by atoms with Crippen molar-refractivity contribution < 1.29 is 24.5 Å². The first-order valence-electron chi connectivity index (χ1n) is 16.2. The van der Waals surface area contributed by atoms with Crippen molar-refractivity contribution in [2.75, 3.05) is 19.8 Å². The molecular weight excluding hydrogens is 574 g/mol. The highest BCUT2D eigenvalue weighted by Gasteiger charge is 2.32. The summed E-state index contributed by atoms with van der Waals surface area (Å²) in [6.45, 7) is 2.26. The van der Waals surface area contributed by atoms with Gasteiger partial charge < -0.3 is 20.3 Å². The molecule has 242 valence electrons. The van der Waals surface area contributed by atoms with Crippen molar-refractivity contribution in [1.29, 1.82) is 0 Å². The molecule has 0 fully saturated rings. The van der Waals surface area contributed by atoms with Gasteiger partial charge in [0.2, 0.25) is 0 Å². The Morgan fingerprint density at radius 3 is 1.33 bits per heavy atom. The maximum atomic E-state index is 12.2. The molecule has 0 saturated carbocycles. The zero-order valence-electron chi connectivity index (χ0n) is 27.6. The number of esters is 1. The third kappa shape index (κ3) is 26.9. The number of hydrogen-bond acceptors (Lipinski definition) is 5. The van der Waals surface area contributed by atoms with E-state index in [2.05, 4.69) is 107 Å². The third-order valence-electron chi connectivity index (χ3n) is 6.59. The summed E-state index contributed by atoms with van der Waals surface area (Å²) in [5.74, 6) is 38.1. The largest absolute Gasteiger partial charge is 0.463 e. The van der Waals surface area contributed by atoms with E-state index in [0.29, 0.717) is 6.42 Å². The fraction of sp³-hybridized carbons (Fsp3) is 0.550. The molecule has 0 radical (unpaired) electrons. The molecule has 0 aromatic heterocycles. The molecule has 0 aliphatic heterocycles. The van der Waals surface area contributed by atoms with Gasteiger partial charge in [-0.2, -0.15) is 0 Å². The SMILES string of the molecule is CC#CC#CC#CC#CC#CC#CC#CC#CC(=O)NC(CO)(CO)COC(=O)CCCCCCCCCCCCCCCCC. The second-order valence-electron chi connectivity index (χ2n) is 10.5. The molecule has 0 spiro atoms. The van der Waals surface area contributed by atoms with Crippen LogP contribution in [0.25, 0.3) is 0 Å². The van der Waals surface area contributed by atoms with Crippen LogP contribution in [0.4, 0.5) is 0 Å². The van der Waals surface area contributed by atoms with Crippen LogP contribution in [-0.4, -0.2) is 47.4 Å². The summed E-state index contributed by atoms with van der Waals surface area (Å²) in [6, 6.07) is 0. The zero-order valence-corrected chi connectivity index (χ0v) is 27.6. The lowest BCUT2D eigenvalue weighted by Crippen LogP contribution is -2.57. The Labute approximate surface area is 278 Å². The Bertz CT molecular complexity index is 1410. The van der Waals surface area contributed by atoms with Gasteiger partial charge in [-0.1, -0.05) is 103 Å². The normalized spacial score (nSPS) is 8.87. The molecule has 6 nitrogen and oxygen atoms in total. The van der Waals surface area contributed by atoms with Crippen molar-refractivity contribution in [3.63, 3.8) is 0 Å². The Kier molecular flexibility index (Phi) is 28.5. The summed E-state index contributed by atoms with van der Waals surface area (Å²) in [6.07, 6.45) is 18.8. The highest BCUT2D eigenvalue weighted by molar-refractivity contribution is 5.94. The van der Waals surface area contributed by atoms with Gasteiger partial charge in [0, 0.05) is 12.3 Å². The van der Waals surface area contributed by atoms with Crippen LogP contribution in [0, 0.1) is 94.7 Å². The van der Waals surface area contributed by atoms with E-state index in [4.69, 9.17) is 4.74 Å². The van der Waals surface area contributed by atoms with E-state index in [0.717, 1.165) is 12.8 Å². The number of carbonyl (C=O) groups excluding carboxylic acids is 2. The highest BCUT2D eigenvalue weighted by atomic mass is 16.5. The van der Waals surface area contributed by atoms with Crippen molar-refractivity contribution in [2.24, 2.45) is 0 Å². The lowest BCUT2D eigenvalue weighted by Gasteiger charge is -2.29. The van der Waals surface area contributed by atoms with Gasteiger partial charge in [0.25, 0.3) is 5.91 Å². The Balaban J connectivity index is 4.26. The standard InChI is InChI=1S/C40H47NO5/c1-3-5-7-9-11-13-15-17-19-21-23-25-27-29-31-33-38(44)41-40(35-42,36-43)37-46-39(45)34-32-30-28-26-24-22-20-18-16-14-12-10-8-6-4-2/h42-43H,4,6,8,10,12,14,16,18,20,22,24,26,28,30,32,34-37H2,1-2H3,(H,41,44).